The Morgan fingerprint density at radius 3 is 2.54 bits per heavy atom. The van der Waals surface area contributed by atoms with E-state index in [1.165, 1.54) is 6.33 Å². The Balaban J connectivity index is 2.15. The molecule has 0 saturated heterocycles. The van der Waals surface area contributed by atoms with Crippen molar-refractivity contribution in [3.05, 3.63) is 40.7 Å². The Kier molecular flexibility index (Phi) is 6.30. The number of benzene rings is 1. The van der Waals surface area contributed by atoms with Crippen LogP contribution in [0.1, 0.15) is 26.7 Å². The molecule has 2 rings (SSSR count). The lowest BCUT2D eigenvalue weighted by molar-refractivity contribution is -0.385. The minimum atomic E-state index is -0.560. The van der Waals surface area contributed by atoms with Crippen molar-refractivity contribution in [3.8, 4) is 11.6 Å². The van der Waals surface area contributed by atoms with Gasteiger partial charge in [-0.15, -0.1) is 0 Å². The number of nitrogens with zero attached hydrogens (tertiary/aromatic N) is 3. The third-order valence-corrected chi connectivity index (χ3v) is 3.14. The second-order valence-corrected chi connectivity index (χ2v) is 4.92. The van der Waals surface area contributed by atoms with Gasteiger partial charge in [0.2, 0.25) is 5.82 Å². The van der Waals surface area contributed by atoms with Crippen LogP contribution < -0.4 is 14.8 Å². The normalized spacial score (nSPS) is 10.2. The second kappa shape index (κ2) is 8.66. The van der Waals surface area contributed by atoms with Gasteiger partial charge in [-0.1, -0.05) is 13.3 Å². The fraction of sp³-hybridized carbons (Fsp3) is 0.375. The largest absolute Gasteiger partial charge is 0.494 e. The van der Waals surface area contributed by atoms with Gasteiger partial charge in [-0.2, -0.15) is 4.98 Å². The zero-order valence-corrected chi connectivity index (χ0v) is 13.7. The molecule has 1 aromatic carbocycles. The lowest BCUT2D eigenvalue weighted by atomic mass is 10.3. The van der Waals surface area contributed by atoms with E-state index >= 15 is 0 Å². The summed E-state index contributed by atoms with van der Waals surface area (Å²) in [6.45, 7) is 4.77. The smallest absolute Gasteiger partial charge is 0.373 e. The first-order valence-electron chi connectivity index (χ1n) is 7.77. The van der Waals surface area contributed by atoms with E-state index < -0.39 is 4.92 Å². The SMILES string of the molecule is CCCCOc1ccc(Nc2ncnc(OCC)c2[N+](=O)[O-])cc1. The number of aromatic nitrogens is 2. The summed E-state index contributed by atoms with van der Waals surface area (Å²) in [5.74, 6) is 0.777. The Morgan fingerprint density at radius 1 is 1.17 bits per heavy atom. The average molecular weight is 332 g/mol. The molecule has 0 aliphatic rings. The van der Waals surface area contributed by atoms with E-state index in [9.17, 15) is 10.1 Å². The molecule has 8 nitrogen and oxygen atoms in total. The van der Waals surface area contributed by atoms with Crippen molar-refractivity contribution in [2.45, 2.75) is 26.7 Å². The molecule has 24 heavy (non-hydrogen) atoms. The number of nitro groups is 1. The van der Waals surface area contributed by atoms with Gasteiger partial charge in [0.25, 0.3) is 5.88 Å². The van der Waals surface area contributed by atoms with Crippen LogP contribution in [-0.2, 0) is 0 Å². The third kappa shape index (κ3) is 4.55. The van der Waals surface area contributed by atoms with Crippen LogP contribution in [0.5, 0.6) is 11.6 Å². The Bertz CT molecular complexity index is 676. The molecule has 1 N–H and O–H groups in total. The van der Waals surface area contributed by atoms with Crippen LogP contribution in [0, 0.1) is 10.1 Å². The monoisotopic (exact) mass is 332 g/mol. The first kappa shape index (κ1) is 17.5. The van der Waals surface area contributed by atoms with Crippen molar-refractivity contribution in [3.63, 3.8) is 0 Å². The van der Waals surface area contributed by atoms with Gasteiger partial charge >= 0.3 is 5.69 Å². The lowest BCUT2D eigenvalue weighted by Crippen LogP contribution is -2.05. The summed E-state index contributed by atoms with van der Waals surface area (Å²) in [4.78, 5) is 18.5. The highest BCUT2D eigenvalue weighted by atomic mass is 16.6. The molecule has 2 aromatic rings. The molecule has 0 atom stereocenters. The molecule has 0 unspecified atom stereocenters. The minimum absolute atomic E-state index is 0.0560. The molecular formula is C16H20N4O4. The van der Waals surface area contributed by atoms with Crippen LogP contribution in [-0.4, -0.2) is 28.1 Å². The Morgan fingerprint density at radius 2 is 1.92 bits per heavy atom. The molecule has 0 bridgehead atoms. The van der Waals surface area contributed by atoms with E-state index in [0.29, 0.717) is 12.3 Å². The van der Waals surface area contributed by atoms with Gasteiger partial charge in [-0.05, 0) is 37.6 Å². The van der Waals surface area contributed by atoms with Gasteiger partial charge < -0.3 is 14.8 Å². The highest BCUT2D eigenvalue weighted by Gasteiger charge is 2.24. The van der Waals surface area contributed by atoms with E-state index in [4.69, 9.17) is 9.47 Å². The number of unbranched alkanes of at least 4 members (excludes halogenated alkanes) is 1. The molecule has 0 fully saturated rings. The number of rotatable bonds is 9. The lowest BCUT2D eigenvalue weighted by Gasteiger charge is -2.10. The highest BCUT2D eigenvalue weighted by molar-refractivity contribution is 5.68. The maximum atomic E-state index is 11.3. The standard InChI is InChI=1S/C16H20N4O4/c1-3-5-10-24-13-8-6-12(7-9-13)19-15-14(20(21)22)16(23-4-2)18-11-17-15/h6-9,11H,3-5,10H2,1-2H3,(H,17,18,19). The second-order valence-electron chi connectivity index (χ2n) is 4.92. The molecule has 128 valence electrons. The Hall–Kier alpha value is -2.90. The third-order valence-electron chi connectivity index (χ3n) is 3.14. The molecule has 1 aromatic heterocycles. The zero-order chi connectivity index (χ0) is 17.4. The summed E-state index contributed by atoms with van der Waals surface area (Å²) in [5, 5.41) is 14.2. The van der Waals surface area contributed by atoms with Crippen molar-refractivity contribution in [2.24, 2.45) is 0 Å². The van der Waals surface area contributed by atoms with Crippen molar-refractivity contribution in [1.29, 1.82) is 0 Å². The van der Waals surface area contributed by atoms with Crippen LogP contribution in [0.15, 0.2) is 30.6 Å². The van der Waals surface area contributed by atoms with Crippen molar-refractivity contribution < 1.29 is 14.4 Å². The predicted molar refractivity (Wildman–Crippen MR) is 90.0 cm³/mol. The first-order chi connectivity index (χ1) is 11.7. The van der Waals surface area contributed by atoms with Gasteiger partial charge in [0.15, 0.2) is 0 Å². The van der Waals surface area contributed by atoms with E-state index in [1.807, 2.05) is 0 Å². The molecular weight excluding hydrogens is 312 g/mol. The highest BCUT2D eigenvalue weighted by Crippen LogP contribution is 2.32. The maximum Gasteiger partial charge on any atom is 0.373 e. The number of ether oxygens (including phenoxy) is 2. The number of nitrogens with one attached hydrogen (secondary N) is 1. The summed E-state index contributed by atoms with van der Waals surface area (Å²) in [7, 11) is 0. The molecule has 0 aliphatic heterocycles. The molecule has 0 aliphatic carbocycles. The van der Waals surface area contributed by atoms with E-state index in [-0.39, 0.29) is 24.0 Å². The zero-order valence-electron chi connectivity index (χ0n) is 13.7. The summed E-state index contributed by atoms with van der Waals surface area (Å²) in [5.41, 5.74) is 0.365. The van der Waals surface area contributed by atoms with Gasteiger partial charge in [-0.3, -0.25) is 10.1 Å². The van der Waals surface area contributed by atoms with E-state index in [0.717, 1.165) is 18.6 Å². The molecule has 0 spiro atoms. The first-order valence-corrected chi connectivity index (χ1v) is 7.77. The van der Waals surface area contributed by atoms with Gasteiger partial charge in [0.05, 0.1) is 18.1 Å². The summed E-state index contributed by atoms with van der Waals surface area (Å²) in [6, 6.07) is 7.14. The fourth-order valence-electron chi connectivity index (χ4n) is 1.97. The van der Waals surface area contributed by atoms with Crippen LogP contribution in [0.2, 0.25) is 0 Å². The van der Waals surface area contributed by atoms with Crippen molar-refractivity contribution >= 4 is 17.2 Å². The van der Waals surface area contributed by atoms with Gasteiger partial charge in [0.1, 0.15) is 12.1 Å². The van der Waals surface area contributed by atoms with E-state index in [2.05, 4.69) is 22.2 Å². The Labute approximate surface area is 140 Å². The molecule has 1 heterocycles. The average Bonchev–Trinajstić information content (AvgIpc) is 2.57. The molecule has 0 saturated carbocycles. The van der Waals surface area contributed by atoms with Crippen LogP contribution in [0.4, 0.5) is 17.2 Å². The molecule has 0 radical (unpaired) electrons. The predicted octanol–water partition coefficient (Wildman–Crippen LogP) is 3.71. The fourth-order valence-corrected chi connectivity index (χ4v) is 1.97. The van der Waals surface area contributed by atoms with Gasteiger partial charge in [-0.25, -0.2) is 4.98 Å². The van der Waals surface area contributed by atoms with Crippen molar-refractivity contribution in [2.75, 3.05) is 18.5 Å². The van der Waals surface area contributed by atoms with Crippen molar-refractivity contribution in [1.82, 2.24) is 9.97 Å². The topological polar surface area (TPSA) is 99.4 Å². The summed E-state index contributed by atoms with van der Waals surface area (Å²) >= 11 is 0. The van der Waals surface area contributed by atoms with Crippen LogP contribution >= 0.6 is 0 Å². The van der Waals surface area contributed by atoms with Crippen LogP contribution in [0.25, 0.3) is 0 Å². The maximum absolute atomic E-state index is 11.3. The quantitative estimate of drug-likeness (QED) is 0.424. The van der Waals surface area contributed by atoms with Gasteiger partial charge in [0, 0.05) is 5.69 Å². The number of hydrogen-bond donors (Lipinski definition) is 1. The number of anilines is 2. The van der Waals surface area contributed by atoms with Crippen LogP contribution in [0.3, 0.4) is 0 Å². The summed E-state index contributed by atoms with van der Waals surface area (Å²) in [6.07, 6.45) is 3.29. The molecule has 0 amide bonds. The molecule has 8 heteroatoms. The minimum Gasteiger partial charge on any atom is -0.494 e. The number of hydrogen-bond acceptors (Lipinski definition) is 7. The summed E-state index contributed by atoms with van der Waals surface area (Å²) < 4.78 is 10.8. The van der Waals surface area contributed by atoms with E-state index in [1.54, 1.807) is 31.2 Å².